The lowest BCUT2D eigenvalue weighted by Crippen LogP contribution is -2.18. The van der Waals surface area contributed by atoms with Gasteiger partial charge < -0.3 is 18.9 Å². The Morgan fingerprint density at radius 3 is 2.44 bits per heavy atom. The molecule has 0 saturated carbocycles. The van der Waals surface area contributed by atoms with Gasteiger partial charge in [0.1, 0.15) is 23.8 Å². The number of carbonyl (C=O) groups excluding carboxylic acids is 1. The lowest BCUT2D eigenvalue weighted by atomic mass is 10.1. The van der Waals surface area contributed by atoms with E-state index in [1.165, 1.54) is 6.21 Å². The van der Waals surface area contributed by atoms with Gasteiger partial charge in [0.25, 0.3) is 5.91 Å². The summed E-state index contributed by atoms with van der Waals surface area (Å²) in [5.74, 6) is 1.99. The molecule has 0 radical (unpaired) electrons. The highest BCUT2D eigenvalue weighted by molar-refractivity contribution is 5.94. The van der Waals surface area contributed by atoms with Crippen LogP contribution in [0.15, 0.2) is 77.9 Å². The summed E-state index contributed by atoms with van der Waals surface area (Å²) >= 11 is 0. The van der Waals surface area contributed by atoms with Crippen LogP contribution in [0.2, 0.25) is 0 Å². The summed E-state index contributed by atoms with van der Waals surface area (Å²) in [5.41, 5.74) is 5.75. The van der Waals surface area contributed by atoms with Gasteiger partial charge in [-0.15, -0.1) is 0 Å². The zero-order valence-corrected chi connectivity index (χ0v) is 20.1. The van der Waals surface area contributed by atoms with Gasteiger partial charge in [-0.3, -0.25) is 9.89 Å². The second kappa shape index (κ2) is 11.6. The highest BCUT2D eigenvalue weighted by Gasteiger charge is 2.15. The molecular formula is C27H26N4O5. The molecule has 9 nitrogen and oxygen atoms in total. The van der Waals surface area contributed by atoms with Crippen molar-refractivity contribution < 1.29 is 23.7 Å². The van der Waals surface area contributed by atoms with Crippen LogP contribution in [0.1, 0.15) is 21.6 Å². The van der Waals surface area contributed by atoms with Gasteiger partial charge in [0.05, 0.1) is 33.2 Å². The van der Waals surface area contributed by atoms with Crippen molar-refractivity contribution in [2.45, 2.75) is 6.61 Å². The number of ether oxygens (including phenoxy) is 4. The molecule has 2 N–H and O–H groups in total. The van der Waals surface area contributed by atoms with Crippen molar-refractivity contribution in [3.63, 3.8) is 0 Å². The van der Waals surface area contributed by atoms with Crippen LogP contribution in [0.4, 0.5) is 0 Å². The largest absolute Gasteiger partial charge is 0.497 e. The fourth-order valence-corrected chi connectivity index (χ4v) is 3.43. The molecule has 0 atom stereocenters. The quantitative estimate of drug-likeness (QED) is 0.253. The number of hydrazone groups is 1. The zero-order valence-electron chi connectivity index (χ0n) is 20.1. The van der Waals surface area contributed by atoms with Crippen molar-refractivity contribution in [1.82, 2.24) is 15.6 Å². The summed E-state index contributed by atoms with van der Waals surface area (Å²) in [5, 5.41) is 11.0. The predicted octanol–water partition coefficient (Wildman–Crippen LogP) is 4.45. The van der Waals surface area contributed by atoms with Crippen molar-refractivity contribution >= 4 is 12.1 Å². The molecule has 4 rings (SSSR count). The van der Waals surface area contributed by atoms with E-state index in [4.69, 9.17) is 18.9 Å². The van der Waals surface area contributed by atoms with Gasteiger partial charge in [-0.25, -0.2) is 5.43 Å². The van der Waals surface area contributed by atoms with Gasteiger partial charge in [0.15, 0.2) is 11.5 Å². The molecule has 1 aromatic heterocycles. The summed E-state index contributed by atoms with van der Waals surface area (Å²) in [6.07, 6.45) is 1.52. The van der Waals surface area contributed by atoms with Crippen LogP contribution in [0.3, 0.4) is 0 Å². The van der Waals surface area contributed by atoms with Gasteiger partial charge in [0, 0.05) is 5.56 Å². The molecule has 0 aliphatic rings. The number of aromatic amines is 1. The number of rotatable bonds is 10. The average molecular weight is 487 g/mol. The van der Waals surface area contributed by atoms with Gasteiger partial charge in [-0.05, 0) is 53.6 Å². The Morgan fingerprint density at radius 2 is 1.69 bits per heavy atom. The number of aromatic nitrogens is 2. The molecule has 0 bridgehead atoms. The summed E-state index contributed by atoms with van der Waals surface area (Å²) in [6.45, 7) is 0.425. The Balaban J connectivity index is 1.40. The van der Waals surface area contributed by atoms with Crippen molar-refractivity contribution in [3.05, 3.63) is 89.6 Å². The Bertz CT molecular complexity index is 1350. The van der Waals surface area contributed by atoms with Crippen LogP contribution in [0.5, 0.6) is 23.0 Å². The Hall–Kier alpha value is -4.79. The number of benzene rings is 3. The molecule has 3 aromatic carbocycles. The monoisotopic (exact) mass is 486 g/mol. The summed E-state index contributed by atoms with van der Waals surface area (Å²) < 4.78 is 22.0. The molecule has 0 aliphatic carbocycles. The van der Waals surface area contributed by atoms with Crippen LogP contribution in [-0.2, 0) is 6.61 Å². The summed E-state index contributed by atoms with van der Waals surface area (Å²) in [7, 11) is 4.71. The van der Waals surface area contributed by atoms with E-state index in [1.807, 2.05) is 36.4 Å². The number of H-pyrrole nitrogens is 1. The highest BCUT2D eigenvalue weighted by atomic mass is 16.5. The first kappa shape index (κ1) is 24.3. The minimum absolute atomic E-state index is 0.245. The number of methoxy groups -OCH3 is 3. The summed E-state index contributed by atoms with van der Waals surface area (Å²) in [4.78, 5) is 12.6. The number of nitrogens with one attached hydrogen (secondary N) is 2. The van der Waals surface area contributed by atoms with E-state index in [0.29, 0.717) is 40.9 Å². The molecule has 0 fully saturated rings. The van der Waals surface area contributed by atoms with Crippen LogP contribution < -0.4 is 24.4 Å². The fourth-order valence-electron chi connectivity index (χ4n) is 3.43. The lowest BCUT2D eigenvalue weighted by Gasteiger charge is -2.11. The normalized spacial score (nSPS) is 10.8. The minimum atomic E-state index is -0.443. The fraction of sp³-hybridized carbons (Fsp3) is 0.148. The van der Waals surface area contributed by atoms with Gasteiger partial charge in [-0.2, -0.15) is 10.2 Å². The first-order valence-electron chi connectivity index (χ1n) is 11.1. The molecule has 184 valence electrons. The molecule has 1 heterocycles. The Morgan fingerprint density at radius 1 is 0.917 bits per heavy atom. The Labute approximate surface area is 208 Å². The maximum absolute atomic E-state index is 12.6. The third-order valence-electron chi connectivity index (χ3n) is 5.31. The van der Waals surface area contributed by atoms with Crippen molar-refractivity contribution in [3.8, 4) is 34.3 Å². The Kier molecular flexibility index (Phi) is 7.82. The van der Waals surface area contributed by atoms with Gasteiger partial charge in [-0.1, -0.05) is 30.3 Å². The van der Waals surface area contributed by atoms with Gasteiger partial charge in [0.2, 0.25) is 0 Å². The smallest absolute Gasteiger partial charge is 0.289 e. The minimum Gasteiger partial charge on any atom is -0.497 e. The molecular weight excluding hydrogens is 460 g/mol. The second-order valence-electron chi connectivity index (χ2n) is 7.62. The number of amides is 1. The molecule has 1 amide bonds. The van der Waals surface area contributed by atoms with E-state index in [2.05, 4.69) is 20.7 Å². The SMILES string of the molecule is COc1ccc(OC)c(-c2cc(C(=O)NN=Cc3ccc(OCc4ccccc4)c(OC)c3)[nH]n2)c1. The van der Waals surface area contributed by atoms with Crippen LogP contribution in [0, 0.1) is 0 Å². The first-order chi connectivity index (χ1) is 17.6. The number of nitrogens with zero attached hydrogens (tertiary/aromatic N) is 2. The highest BCUT2D eigenvalue weighted by Crippen LogP contribution is 2.32. The van der Waals surface area contributed by atoms with E-state index in [0.717, 1.165) is 11.1 Å². The standard InChI is InChI=1S/C27H26N4O5/c1-33-20-10-12-24(34-2)21(14-20)22-15-23(30-29-22)27(32)31-28-16-19-9-11-25(26(13-19)35-3)36-17-18-7-5-4-6-8-18/h4-16H,17H2,1-3H3,(H,29,30)(H,31,32). The van der Waals surface area contributed by atoms with Crippen molar-refractivity contribution in [2.24, 2.45) is 5.10 Å². The van der Waals surface area contributed by atoms with E-state index in [1.54, 1.807) is 57.7 Å². The van der Waals surface area contributed by atoms with E-state index < -0.39 is 5.91 Å². The van der Waals surface area contributed by atoms with E-state index in [9.17, 15) is 4.79 Å². The number of carbonyl (C=O) groups is 1. The lowest BCUT2D eigenvalue weighted by molar-refractivity contribution is 0.0950. The number of hydrogen-bond donors (Lipinski definition) is 2. The van der Waals surface area contributed by atoms with Crippen molar-refractivity contribution in [1.29, 1.82) is 0 Å². The zero-order chi connectivity index (χ0) is 25.3. The molecule has 36 heavy (non-hydrogen) atoms. The maximum Gasteiger partial charge on any atom is 0.289 e. The van der Waals surface area contributed by atoms with Crippen molar-refractivity contribution in [2.75, 3.05) is 21.3 Å². The molecule has 9 heteroatoms. The molecule has 0 unspecified atom stereocenters. The topological polar surface area (TPSA) is 107 Å². The van der Waals surface area contributed by atoms with E-state index >= 15 is 0 Å². The van der Waals surface area contributed by atoms with Gasteiger partial charge >= 0.3 is 0 Å². The molecule has 0 saturated heterocycles. The van der Waals surface area contributed by atoms with Crippen LogP contribution in [0.25, 0.3) is 11.3 Å². The second-order valence-corrected chi connectivity index (χ2v) is 7.62. The van der Waals surface area contributed by atoms with E-state index in [-0.39, 0.29) is 5.69 Å². The maximum atomic E-state index is 12.6. The molecule has 4 aromatic rings. The summed E-state index contributed by atoms with van der Waals surface area (Å²) in [6, 6.07) is 22.2. The predicted molar refractivity (Wildman–Crippen MR) is 136 cm³/mol. The first-order valence-corrected chi connectivity index (χ1v) is 11.1. The third-order valence-corrected chi connectivity index (χ3v) is 5.31. The molecule has 0 aliphatic heterocycles. The average Bonchev–Trinajstić information content (AvgIpc) is 3.42. The van der Waals surface area contributed by atoms with Crippen LogP contribution in [-0.4, -0.2) is 43.6 Å². The van der Waals surface area contributed by atoms with Crippen LogP contribution >= 0.6 is 0 Å². The molecule has 0 spiro atoms. The number of hydrogen-bond acceptors (Lipinski definition) is 7. The third kappa shape index (κ3) is 5.82.